The van der Waals surface area contributed by atoms with Gasteiger partial charge in [-0.05, 0) is 25.5 Å². The minimum Gasteiger partial charge on any atom is -0.450 e. The number of hydrogen-bond acceptors (Lipinski definition) is 4. The second-order valence-corrected chi connectivity index (χ2v) is 5.49. The maximum atomic E-state index is 10.8. The highest BCUT2D eigenvalue weighted by Crippen LogP contribution is 2.17. The van der Waals surface area contributed by atoms with Gasteiger partial charge in [0.25, 0.3) is 9.05 Å². The molecule has 0 unspecified atom stereocenters. The van der Waals surface area contributed by atoms with Crippen LogP contribution in [0.2, 0.25) is 0 Å². The number of halogens is 1. The van der Waals surface area contributed by atoms with Gasteiger partial charge in [0, 0.05) is 10.7 Å². The van der Waals surface area contributed by atoms with Crippen LogP contribution in [0.3, 0.4) is 0 Å². The molecule has 0 aromatic heterocycles. The van der Waals surface area contributed by atoms with Gasteiger partial charge >= 0.3 is 6.09 Å². The highest BCUT2D eigenvalue weighted by atomic mass is 35.7. The standard InChI is InChI=1S/C7H7ClO2S.C3H7NO2/c1-6-4-2-3-5-7(6)11(8,9)10;1-2-6-3(4)5/h2-5H,1H3;2H2,1H3,(H2,4,5). The highest BCUT2D eigenvalue weighted by molar-refractivity contribution is 8.13. The van der Waals surface area contributed by atoms with Crippen molar-refractivity contribution in [1.82, 2.24) is 0 Å². The molecule has 1 rings (SSSR count). The van der Waals surface area contributed by atoms with Gasteiger partial charge in [0.2, 0.25) is 0 Å². The van der Waals surface area contributed by atoms with E-state index >= 15 is 0 Å². The Bertz CT molecular complexity index is 473. The fourth-order valence-electron chi connectivity index (χ4n) is 0.972. The number of nitrogens with two attached hydrogens (primary N) is 1. The molecule has 1 aromatic carbocycles. The molecule has 0 aliphatic rings. The van der Waals surface area contributed by atoms with Gasteiger partial charge in [-0.15, -0.1) is 0 Å². The van der Waals surface area contributed by atoms with Crippen LogP contribution < -0.4 is 5.73 Å². The molecule has 2 N–H and O–H groups in total. The predicted molar refractivity (Wildman–Crippen MR) is 65.4 cm³/mol. The number of rotatable bonds is 2. The summed E-state index contributed by atoms with van der Waals surface area (Å²) in [7, 11) is 1.57. The lowest BCUT2D eigenvalue weighted by Gasteiger charge is -1.98. The Morgan fingerprint density at radius 1 is 1.41 bits per heavy atom. The highest BCUT2D eigenvalue weighted by Gasteiger charge is 2.10. The van der Waals surface area contributed by atoms with Crippen LogP contribution in [-0.2, 0) is 13.8 Å². The predicted octanol–water partition coefficient (Wildman–Crippen LogP) is 2.02. The number of aryl methyl sites for hydroxylation is 1. The monoisotopic (exact) mass is 279 g/mol. The molecule has 0 saturated heterocycles. The van der Waals surface area contributed by atoms with Crippen LogP contribution in [-0.4, -0.2) is 21.1 Å². The van der Waals surface area contributed by atoms with Gasteiger partial charge in [-0.25, -0.2) is 13.2 Å². The Labute approximate surface area is 105 Å². The van der Waals surface area contributed by atoms with Crippen LogP contribution in [0.4, 0.5) is 4.79 Å². The molecule has 0 aliphatic heterocycles. The first-order valence-electron chi connectivity index (χ1n) is 4.71. The average molecular weight is 280 g/mol. The van der Waals surface area contributed by atoms with Gasteiger partial charge in [0.15, 0.2) is 0 Å². The van der Waals surface area contributed by atoms with Crippen molar-refractivity contribution in [2.75, 3.05) is 6.61 Å². The Morgan fingerprint density at radius 3 is 2.18 bits per heavy atom. The number of primary amides is 1. The van der Waals surface area contributed by atoms with Crippen LogP contribution in [0.15, 0.2) is 29.2 Å². The minimum atomic E-state index is -3.56. The molecule has 17 heavy (non-hydrogen) atoms. The molecule has 0 heterocycles. The van der Waals surface area contributed by atoms with E-state index in [0.29, 0.717) is 12.2 Å². The molecular weight excluding hydrogens is 266 g/mol. The third-order valence-electron chi connectivity index (χ3n) is 1.64. The summed E-state index contributed by atoms with van der Waals surface area (Å²) < 4.78 is 25.8. The van der Waals surface area contributed by atoms with E-state index in [1.807, 2.05) is 0 Å². The molecule has 0 saturated carbocycles. The number of amides is 1. The fourth-order valence-corrected chi connectivity index (χ4v) is 2.19. The normalized spacial score (nSPS) is 10.1. The van der Waals surface area contributed by atoms with Gasteiger partial charge in [-0.1, -0.05) is 18.2 Å². The van der Waals surface area contributed by atoms with Gasteiger partial charge in [-0.2, -0.15) is 0 Å². The minimum absolute atomic E-state index is 0.182. The van der Waals surface area contributed by atoms with E-state index in [-0.39, 0.29) is 4.90 Å². The molecule has 0 spiro atoms. The van der Waals surface area contributed by atoms with E-state index < -0.39 is 15.1 Å². The van der Waals surface area contributed by atoms with Crippen LogP contribution >= 0.6 is 10.7 Å². The average Bonchev–Trinajstić information content (AvgIpc) is 2.17. The second-order valence-electron chi connectivity index (χ2n) is 2.96. The van der Waals surface area contributed by atoms with Crippen molar-refractivity contribution in [2.45, 2.75) is 18.7 Å². The van der Waals surface area contributed by atoms with Crippen molar-refractivity contribution in [3.63, 3.8) is 0 Å². The Balaban J connectivity index is 0.000000366. The maximum absolute atomic E-state index is 10.8. The summed E-state index contributed by atoms with van der Waals surface area (Å²) >= 11 is 0. The van der Waals surface area contributed by atoms with Gasteiger partial charge in [0.1, 0.15) is 0 Å². The van der Waals surface area contributed by atoms with Crippen molar-refractivity contribution in [3.05, 3.63) is 29.8 Å². The fraction of sp³-hybridized carbons (Fsp3) is 0.300. The number of hydrogen-bond donors (Lipinski definition) is 1. The van der Waals surface area contributed by atoms with E-state index in [4.69, 9.17) is 10.7 Å². The third-order valence-corrected chi connectivity index (χ3v) is 3.12. The zero-order chi connectivity index (χ0) is 13.5. The zero-order valence-electron chi connectivity index (χ0n) is 9.51. The summed E-state index contributed by atoms with van der Waals surface area (Å²) in [5.41, 5.74) is 5.21. The smallest absolute Gasteiger partial charge is 0.404 e. The van der Waals surface area contributed by atoms with E-state index in [0.717, 1.165) is 0 Å². The summed E-state index contributed by atoms with van der Waals surface area (Å²) in [6.45, 7) is 3.76. The van der Waals surface area contributed by atoms with Crippen molar-refractivity contribution in [1.29, 1.82) is 0 Å². The zero-order valence-corrected chi connectivity index (χ0v) is 11.1. The number of benzene rings is 1. The summed E-state index contributed by atoms with van der Waals surface area (Å²) in [6, 6.07) is 6.59. The summed E-state index contributed by atoms with van der Waals surface area (Å²) in [6.07, 6.45) is -0.711. The van der Waals surface area contributed by atoms with Gasteiger partial charge in [-0.3, -0.25) is 0 Å². The topological polar surface area (TPSA) is 86.5 Å². The lowest BCUT2D eigenvalue weighted by molar-refractivity contribution is 0.163. The van der Waals surface area contributed by atoms with Crippen molar-refractivity contribution >= 4 is 25.8 Å². The van der Waals surface area contributed by atoms with Crippen molar-refractivity contribution < 1.29 is 17.9 Å². The van der Waals surface area contributed by atoms with Crippen LogP contribution in [0.25, 0.3) is 0 Å². The van der Waals surface area contributed by atoms with Crippen molar-refractivity contribution in [2.24, 2.45) is 5.73 Å². The summed E-state index contributed by atoms with van der Waals surface area (Å²) in [5, 5.41) is 0. The Hall–Kier alpha value is -1.27. The summed E-state index contributed by atoms with van der Waals surface area (Å²) in [5.74, 6) is 0. The Morgan fingerprint density at radius 2 is 1.94 bits per heavy atom. The maximum Gasteiger partial charge on any atom is 0.404 e. The Kier molecular flexibility index (Phi) is 6.60. The molecule has 0 radical (unpaired) electrons. The third kappa shape index (κ3) is 6.80. The van der Waals surface area contributed by atoms with E-state index in [1.54, 1.807) is 32.0 Å². The second kappa shape index (κ2) is 7.13. The van der Waals surface area contributed by atoms with E-state index in [1.165, 1.54) is 6.07 Å². The van der Waals surface area contributed by atoms with Crippen LogP contribution in [0.1, 0.15) is 12.5 Å². The number of ether oxygens (including phenoxy) is 1. The largest absolute Gasteiger partial charge is 0.450 e. The van der Waals surface area contributed by atoms with Crippen LogP contribution in [0, 0.1) is 6.92 Å². The van der Waals surface area contributed by atoms with E-state index in [9.17, 15) is 13.2 Å². The summed E-state index contributed by atoms with van der Waals surface area (Å²) in [4.78, 5) is 9.78. The molecular formula is C10H14ClNO4S. The molecule has 0 bridgehead atoms. The first-order chi connectivity index (χ1) is 7.79. The molecule has 7 heteroatoms. The number of carbonyl (C=O) groups is 1. The SMILES string of the molecule is CCOC(N)=O.Cc1ccccc1S(=O)(=O)Cl. The van der Waals surface area contributed by atoms with E-state index in [2.05, 4.69) is 10.5 Å². The molecule has 5 nitrogen and oxygen atoms in total. The first-order valence-corrected chi connectivity index (χ1v) is 7.02. The molecule has 0 aliphatic carbocycles. The number of carbonyl (C=O) groups excluding carboxylic acids is 1. The van der Waals surface area contributed by atoms with Gasteiger partial charge < -0.3 is 10.5 Å². The lowest BCUT2D eigenvalue weighted by Crippen LogP contribution is -2.11. The molecule has 96 valence electrons. The van der Waals surface area contributed by atoms with Crippen LogP contribution in [0.5, 0.6) is 0 Å². The lowest BCUT2D eigenvalue weighted by atomic mass is 10.2. The molecule has 1 aromatic rings. The van der Waals surface area contributed by atoms with Crippen molar-refractivity contribution in [3.8, 4) is 0 Å². The van der Waals surface area contributed by atoms with Gasteiger partial charge in [0.05, 0.1) is 11.5 Å². The molecule has 1 amide bonds. The first kappa shape index (κ1) is 15.7. The molecule has 0 atom stereocenters. The molecule has 0 fully saturated rings. The quantitative estimate of drug-likeness (QED) is 0.839.